The lowest BCUT2D eigenvalue weighted by molar-refractivity contribution is -0.274. The van der Waals surface area contributed by atoms with E-state index in [0.717, 1.165) is 11.1 Å². The SMILES string of the molecule is Nc1c[nH]cc1-c1ccc(OC(F)(F)F)cc1. The van der Waals surface area contributed by atoms with E-state index in [-0.39, 0.29) is 5.75 Å². The Morgan fingerprint density at radius 1 is 1.06 bits per heavy atom. The minimum atomic E-state index is -4.67. The number of H-pyrrole nitrogens is 1. The highest BCUT2D eigenvalue weighted by atomic mass is 19.4. The molecule has 1 aromatic carbocycles. The number of halogens is 3. The Morgan fingerprint density at radius 2 is 1.71 bits per heavy atom. The van der Waals surface area contributed by atoms with Crippen molar-refractivity contribution in [1.29, 1.82) is 0 Å². The van der Waals surface area contributed by atoms with E-state index in [4.69, 9.17) is 5.73 Å². The van der Waals surface area contributed by atoms with Gasteiger partial charge in [0, 0.05) is 18.0 Å². The zero-order valence-corrected chi connectivity index (χ0v) is 8.58. The summed E-state index contributed by atoms with van der Waals surface area (Å²) in [6.45, 7) is 0. The van der Waals surface area contributed by atoms with E-state index in [1.54, 1.807) is 12.4 Å². The molecule has 3 nitrogen and oxygen atoms in total. The highest BCUT2D eigenvalue weighted by Gasteiger charge is 2.30. The minimum Gasteiger partial charge on any atom is -0.406 e. The molecule has 0 amide bonds. The second-order valence-corrected chi connectivity index (χ2v) is 3.40. The molecule has 3 N–H and O–H groups in total. The Morgan fingerprint density at radius 3 is 2.18 bits per heavy atom. The maximum absolute atomic E-state index is 11.9. The van der Waals surface area contributed by atoms with Crippen molar-refractivity contribution >= 4 is 5.69 Å². The number of alkyl halides is 3. The van der Waals surface area contributed by atoms with Crippen LogP contribution >= 0.6 is 0 Å². The number of hydrogen-bond donors (Lipinski definition) is 2. The van der Waals surface area contributed by atoms with Crippen LogP contribution in [0.5, 0.6) is 5.75 Å². The van der Waals surface area contributed by atoms with E-state index >= 15 is 0 Å². The van der Waals surface area contributed by atoms with E-state index < -0.39 is 6.36 Å². The molecule has 0 spiro atoms. The van der Waals surface area contributed by atoms with Gasteiger partial charge >= 0.3 is 6.36 Å². The molecule has 90 valence electrons. The van der Waals surface area contributed by atoms with Gasteiger partial charge in [0.1, 0.15) is 5.75 Å². The number of anilines is 1. The number of ether oxygens (including phenoxy) is 1. The molecule has 1 aromatic heterocycles. The molecule has 0 unspecified atom stereocenters. The average molecular weight is 242 g/mol. The number of hydrogen-bond acceptors (Lipinski definition) is 2. The number of nitrogens with one attached hydrogen (secondary N) is 1. The van der Waals surface area contributed by atoms with Crippen molar-refractivity contribution in [1.82, 2.24) is 4.98 Å². The van der Waals surface area contributed by atoms with Crippen LogP contribution in [-0.4, -0.2) is 11.3 Å². The van der Waals surface area contributed by atoms with Gasteiger partial charge in [0.15, 0.2) is 0 Å². The number of nitrogens with two attached hydrogens (primary N) is 1. The molecule has 17 heavy (non-hydrogen) atoms. The fourth-order valence-corrected chi connectivity index (χ4v) is 1.46. The van der Waals surface area contributed by atoms with Gasteiger partial charge in [0.2, 0.25) is 0 Å². The van der Waals surface area contributed by atoms with Crippen molar-refractivity contribution < 1.29 is 17.9 Å². The van der Waals surface area contributed by atoms with Crippen LogP contribution in [0.25, 0.3) is 11.1 Å². The number of nitrogen functional groups attached to an aromatic ring is 1. The zero-order chi connectivity index (χ0) is 12.5. The third-order valence-electron chi connectivity index (χ3n) is 2.18. The fourth-order valence-electron chi connectivity index (χ4n) is 1.46. The van der Waals surface area contributed by atoms with E-state index in [2.05, 4.69) is 9.72 Å². The maximum atomic E-state index is 11.9. The summed E-state index contributed by atoms with van der Waals surface area (Å²) >= 11 is 0. The summed E-state index contributed by atoms with van der Waals surface area (Å²) < 4.78 is 39.6. The molecule has 0 aliphatic rings. The number of rotatable bonds is 2. The minimum absolute atomic E-state index is 0.254. The van der Waals surface area contributed by atoms with E-state index in [0.29, 0.717) is 5.69 Å². The second kappa shape index (κ2) is 4.04. The predicted molar refractivity (Wildman–Crippen MR) is 57.3 cm³/mol. The highest BCUT2D eigenvalue weighted by molar-refractivity contribution is 5.75. The van der Waals surface area contributed by atoms with Crippen molar-refractivity contribution in [3.63, 3.8) is 0 Å². The standard InChI is InChI=1S/C11H9F3N2O/c12-11(13,14)17-8-3-1-7(2-4-8)9-5-16-6-10(9)15/h1-6,16H,15H2. The van der Waals surface area contributed by atoms with Gasteiger partial charge in [-0.25, -0.2) is 0 Å². The van der Waals surface area contributed by atoms with Crippen LogP contribution in [0.4, 0.5) is 18.9 Å². The molecule has 0 aliphatic heterocycles. The van der Waals surface area contributed by atoms with E-state index in [9.17, 15) is 13.2 Å². The molecule has 0 saturated carbocycles. The number of aromatic nitrogens is 1. The van der Waals surface area contributed by atoms with Gasteiger partial charge in [-0.05, 0) is 17.7 Å². The summed E-state index contributed by atoms with van der Waals surface area (Å²) in [5.41, 5.74) is 7.67. The highest BCUT2D eigenvalue weighted by Crippen LogP contribution is 2.29. The number of aromatic amines is 1. The Hall–Kier alpha value is -2.11. The molecule has 2 rings (SSSR count). The monoisotopic (exact) mass is 242 g/mol. The van der Waals surface area contributed by atoms with Gasteiger partial charge in [-0.3, -0.25) is 0 Å². The first-order valence-electron chi connectivity index (χ1n) is 4.74. The van der Waals surface area contributed by atoms with Crippen LogP contribution in [0.1, 0.15) is 0 Å². The molecule has 0 radical (unpaired) electrons. The quantitative estimate of drug-likeness (QED) is 0.849. The lowest BCUT2D eigenvalue weighted by Crippen LogP contribution is -2.16. The van der Waals surface area contributed by atoms with Crippen molar-refractivity contribution in [2.45, 2.75) is 6.36 Å². The predicted octanol–water partition coefficient (Wildman–Crippen LogP) is 3.16. The van der Waals surface area contributed by atoms with Gasteiger partial charge < -0.3 is 15.5 Å². The molecular weight excluding hydrogens is 233 g/mol. The van der Waals surface area contributed by atoms with Gasteiger partial charge in [0.25, 0.3) is 0 Å². The van der Waals surface area contributed by atoms with Crippen LogP contribution in [-0.2, 0) is 0 Å². The molecule has 0 saturated heterocycles. The van der Waals surface area contributed by atoms with E-state index in [1.165, 1.54) is 24.3 Å². The summed E-state index contributed by atoms with van der Waals surface area (Å²) in [6, 6.07) is 5.52. The van der Waals surface area contributed by atoms with E-state index in [1.807, 2.05) is 0 Å². The number of benzene rings is 1. The second-order valence-electron chi connectivity index (χ2n) is 3.40. The van der Waals surface area contributed by atoms with Crippen LogP contribution in [0.3, 0.4) is 0 Å². The average Bonchev–Trinajstić information content (AvgIpc) is 2.63. The normalized spacial score (nSPS) is 11.5. The first kappa shape index (κ1) is 11.4. The summed E-state index contributed by atoms with van der Waals surface area (Å²) in [4.78, 5) is 2.81. The first-order chi connectivity index (χ1) is 7.96. The van der Waals surface area contributed by atoms with Crippen LogP contribution in [0.15, 0.2) is 36.7 Å². The van der Waals surface area contributed by atoms with Crippen molar-refractivity contribution in [2.75, 3.05) is 5.73 Å². The summed E-state index contributed by atoms with van der Waals surface area (Å²) in [5.74, 6) is -0.254. The largest absolute Gasteiger partial charge is 0.573 e. The third kappa shape index (κ3) is 2.72. The molecule has 0 aliphatic carbocycles. The van der Waals surface area contributed by atoms with Crippen molar-refractivity contribution in [3.05, 3.63) is 36.7 Å². The van der Waals surface area contributed by atoms with Gasteiger partial charge in [0.05, 0.1) is 5.69 Å². The molecule has 0 bridgehead atoms. The van der Waals surface area contributed by atoms with Crippen molar-refractivity contribution in [2.24, 2.45) is 0 Å². The Balaban J connectivity index is 2.22. The zero-order valence-electron chi connectivity index (χ0n) is 8.58. The van der Waals surface area contributed by atoms with Crippen LogP contribution < -0.4 is 10.5 Å². The molecule has 1 heterocycles. The molecule has 2 aromatic rings. The Kier molecular flexibility index (Phi) is 2.71. The topological polar surface area (TPSA) is 51.0 Å². The smallest absolute Gasteiger partial charge is 0.406 e. The molecule has 6 heteroatoms. The third-order valence-corrected chi connectivity index (χ3v) is 2.18. The lowest BCUT2D eigenvalue weighted by Gasteiger charge is -2.09. The van der Waals surface area contributed by atoms with Gasteiger partial charge in [-0.2, -0.15) is 0 Å². The first-order valence-corrected chi connectivity index (χ1v) is 4.74. The lowest BCUT2D eigenvalue weighted by atomic mass is 10.1. The molecule has 0 atom stereocenters. The van der Waals surface area contributed by atoms with Gasteiger partial charge in [-0.1, -0.05) is 12.1 Å². The van der Waals surface area contributed by atoms with Crippen LogP contribution in [0, 0.1) is 0 Å². The van der Waals surface area contributed by atoms with Gasteiger partial charge in [-0.15, -0.1) is 13.2 Å². The van der Waals surface area contributed by atoms with Crippen LogP contribution in [0.2, 0.25) is 0 Å². The molecule has 0 fully saturated rings. The summed E-state index contributed by atoms with van der Waals surface area (Å²) in [6.07, 6.45) is -1.39. The summed E-state index contributed by atoms with van der Waals surface area (Å²) in [7, 11) is 0. The maximum Gasteiger partial charge on any atom is 0.573 e. The fraction of sp³-hybridized carbons (Fsp3) is 0.0909. The summed E-state index contributed by atoms with van der Waals surface area (Å²) in [5, 5.41) is 0. The Labute approximate surface area is 95.0 Å². The molecular formula is C11H9F3N2O. The van der Waals surface area contributed by atoms with Crippen molar-refractivity contribution in [3.8, 4) is 16.9 Å². The Bertz CT molecular complexity index is 502.